The van der Waals surface area contributed by atoms with Crippen molar-refractivity contribution in [2.45, 2.75) is 95.9 Å². The van der Waals surface area contributed by atoms with Gasteiger partial charge in [0.1, 0.15) is 17.7 Å². The van der Waals surface area contributed by atoms with Gasteiger partial charge in [0.25, 0.3) is 0 Å². The molecule has 1 saturated heterocycles. The van der Waals surface area contributed by atoms with Crippen molar-refractivity contribution < 1.29 is 18.7 Å². The van der Waals surface area contributed by atoms with Crippen LogP contribution in [0.15, 0.2) is 18.2 Å². The highest BCUT2D eigenvalue weighted by Gasteiger charge is 2.60. The van der Waals surface area contributed by atoms with Gasteiger partial charge in [-0.1, -0.05) is 41.8 Å². The van der Waals surface area contributed by atoms with Gasteiger partial charge in [-0.05, 0) is 86.0 Å². The third-order valence-corrected chi connectivity index (χ3v) is 9.70. The van der Waals surface area contributed by atoms with Gasteiger partial charge in [-0.2, -0.15) is 0 Å². The first kappa shape index (κ1) is 23.8. The van der Waals surface area contributed by atoms with Gasteiger partial charge in [-0.25, -0.2) is 4.39 Å². The minimum atomic E-state index is -0.948. The molecule has 33 heavy (non-hydrogen) atoms. The summed E-state index contributed by atoms with van der Waals surface area (Å²) in [7, 11) is 0. The average Bonchev–Trinajstić information content (AvgIpc) is 3.10. The zero-order chi connectivity index (χ0) is 23.0. The fraction of sp³-hybridized carbons (Fsp3) is 0.750. The van der Waals surface area contributed by atoms with Crippen molar-refractivity contribution >= 4 is 21.7 Å². The Morgan fingerprint density at radius 2 is 2.09 bits per heavy atom. The number of rotatable bonds is 7. The van der Waals surface area contributed by atoms with E-state index < -0.39 is 11.6 Å². The van der Waals surface area contributed by atoms with Crippen molar-refractivity contribution in [1.82, 2.24) is 0 Å². The summed E-state index contributed by atoms with van der Waals surface area (Å²) in [6, 6.07) is 6.30. The van der Waals surface area contributed by atoms with E-state index in [1.807, 2.05) is 6.07 Å². The Bertz CT molecular complexity index is 854. The standard InChI is InChI=1S/C28H38BrFO3/c1-28-17-23(30)27-21-10-9-20(33-25-8-4-6-14-32-25)16-19(21)15-18(7-3-2-5-13-29)26(27)22(28)11-12-24(28)31/h9-10,16,18,22-23,25-27H,2-8,11-15,17H2,1H3/t18?,22-,23?,25?,26-,27-,28-/m0/s1. The second-order valence-electron chi connectivity index (χ2n) is 11.1. The maximum atomic E-state index is 15.9. The number of unbranched alkanes of at least 4 members (excludes halogenated alkanes) is 2. The van der Waals surface area contributed by atoms with Crippen molar-refractivity contribution in [3.8, 4) is 5.75 Å². The molecule has 0 spiro atoms. The molecule has 2 saturated carbocycles. The van der Waals surface area contributed by atoms with Crippen LogP contribution in [0.3, 0.4) is 0 Å². The Hall–Kier alpha value is -0.940. The number of halogens is 2. The van der Waals surface area contributed by atoms with Gasteiger partial charge >= 0.3 is 0 Å². The second-order valence-corrected chi connectivity index (χ2v) is 11.9. The number of benzene rings is 1. The maximum Gasteiger partial charge on any atom is 0.199 e. The summed E-state index contributed by atoms with van der Waals surface area (Å²) >= 11 is 3.55. The summed E-state index contributed by atoms with van der Waals surface area (Å²) in [6.45, 7) is 2.83. The van der Waals surface area contributed by atoms with Crippen molar-refractivity contribution in [2.24, 2.45) is 23.2 Å². The Balaban J connectivity index is 1.43. The molecule has 1 aliphatic heterocycles. The number of hydrogen-bond acceptors (Lipinski definition) is 3. The number of fused-ring (bicyclic) bond motifs is 5. The molecule has 0 aromatic heterocycles. The van der Waals surface area contributed by atoms with E-state index in [9.17, 15) is 4.79 Å². The van der Waals surface area contributed by atoms with Gasteiger partial charge < -0.3 is 9.47 Å². The van der Waals surface area contributed by atoms with Crippen molar-refractivity contribution in [3.63, 3.8) is 0 Å². The van der Waals surface area contributed by atoms with Gasteiger partial charge in [0.15, 0.2) is 6.29 Å². The van der Waals surface area contributed by atoms with Crippen LogP contribution >= 0.6 is 15.9 Å². The zero-order valence-electron chi connectivity index (χ0n) is 19.9. The first-order chi connectivity index (χ1) is 16.0. The summed E-state index contributed by atoms with van der Waals surface area (Å²) in [4.78, 5) is 12.8. The lowest BCUT2D eigenvalue weighted by Crippen LogP contribution is -2.50. The van der Waals surface area contributed by atoms with Crippen molar-refractivity contribution in [1.29, 1.82) is 0 Å². The molecular weight excluding hydrogens is 483 g/mol. The highest BCUT2D eigenvalue weighted by molar-refractivity contribution is 9.09. The summed E-state index contributed by atoms with van der Waals surface area (Å²) < 4.78 is 27.9. The van der Waals surface area contributed by atoms with Gasteiger partial charge in [-0.15, -0.1) is 0 Å². The molecule has 5 heteroatoms. The van der Waals surface area contributed by atoms with Crippen LogP contribution in [0, 0.1) is 23.2 Å². The Labute approximate surface area is 206 Å². The quantitative estimate of drug-likeness (QED) is 0.283. The topological polar surface area (TPSA) is 35.5 Å². The summed E-state index contributed by atoms with van der Waals surface area (Å²) in [5.74, 6) is 2.10. The van der Waals surface area contributed by atoms with Gasteiger partial charge in [0.05, 0.1) is 6.61 Å². The number of ketones is 1. The lowest BCUT2D eigenvalue weighted by atomic mass is 9.51. The SMILES string of the molecule is C[C@]12CC(F)[C@@H]3c4ccc(OC5CCCCO5)cc4CC(CCCCCBr)[C@H]3[C@@H]1CCC2=O. The van der Waals surface area contributed by atoms with E-state index in [0.717, 1.165) is 56.2 Å². The molecule has 3 aliphatic carbocycles. The lowest BCUT2D eigenvalue weighted by molar-refractivity contribution is -0.132. The Morgan fingerprint density at radius 1 is 1.21 bits per heavy atom. The summed E-state index contributed by atoms with van der Waals surface area (Å²) in [5, 5.41) is 1.04. The van der Waals surface area contributed by atoms with Gasteiger partial charge in [0, 0.05) is 29.5 Å². The molecule has 7 atom stereocenters. The average molecular weight is 522 g/mol. The molecule has 3 unspecified atom stereocenters. The van der Waals surface area contributed by atoms with Crippen LogP contribution < -0.4 is 4.74 Å². The number of carbonyl (C=O) groups is 1. The minimum Gasteiger partial charge on any atom is -0.465 e. The van der Waals surface area contributed by atoms with Crippen LogP contribution in [-0.4, -0.2) is 30.2 Å². The molecule has 3 nitrogen and oxygen atoms in total. The van der Waals surface area contributed by atoms with Gasteiger partial charge in [-0.3, -0.25) is 4.79 Å². The van der Waals surface area contributed by atoms with Crippen LogP contribution in [0.25, 0.3) is 0 Å². The second kappa shape index (κ2) is 9.97. The molecule has 3 fully saturated rings. The largest absolute Gasteiger partial charge is 0.465 e. The minimum absolute atomic E-state index is 0.0844. The van der Waals surface area contributed by atoms with Crippen molar-refractivity contribution in [3.05, 3.63) is 29.3 Å². The molecule has 5 rings (SSSR count). The highest BCUT2D eigenvalue weighted by atomic mass is 79.9. The first-order valence-corrected chi connectivity index (χ1v) is 14.3. The molecular formula is C28H38BrFO3. The Morgan fingerprint density at radius 3 is 2.88 bits per heavy atom. The predicted molar refractivity (Wildman–Crippen MR) is 132 cm³/mol. The van der Waals surface area contributed by atoms with E-state index in [4.69, 9.17) is 9.47 Å². The van der Waals surface area contributed by atoms with E-state index in [2.05, 4.69) is 35.0 Å². The van der Waals surface area contributed by atoms with E-state index in [1.165, 1.54) is 30.4 Å². The molecule has 1 heterocycles. The Kier molecular flexibility index (Phi) is 7.19. The molecule has 0 radical (unpaired) electrons. The lowest BCUT2D eigenvalue weighted by Gasteiger charge is -2.53. The summed E-state index contributed by atoms with van der Waals surface area (Å²) in [5.41, 5.74) is 1.96. The van der Waals surface area contributed by atoms with E-state index in [1.54, 1.807) is 0 Å². The van der Waals surface area contributed by atoms with Crippen LogP contribution in [0.5, 0.6) is 5.75 Å². The van der Waals surface area contributed by atoms with Crippen LogP contribution in [0.4, 0.5) is 4.39 Å². The molecule has 182 valence electrons. The smallest absolute Gasteiger partial charge is 0.199 e. The summed E-state index contributed by atoms with van der Waals surface area (Å²) in [6.07, 6.45) is 9.68. The molecule has 0 amide bonds. The molecule has 0 N–H and O–H groups in total. The molecule has 4 aliphatic rings. The normalized spacial score (nSPS) is 37.8. The zero-order valence-corrected chi connectivity index (χ0v) is 21.5. The van der Waals surface area contributed by atoms with E-state index in [-0.39, 0.29) is 18.1 Å². The maximum absolute atomic E-state index is 15.9. The third-order valence-electron chi connectivity index (χ3n) is 9.14. The van der Waals surface area contributed by atoms with Crippen molar-refractivity contribution in [2.75, 3.05) is 11.9 Å². The fourth-order valence-corrected chi connectivity index (χ4v) is 7.93. The third kappa shape index (κ3) is 4.53. The van der Waals surface area contributed by atoms with Crippen LogP contribution in [0.2, 0.25) is 0 Å². The number of carbonyl (C=O) groups excluding carboxylic acids is 1. The predicted octanol–water partition coefficient (Wildman–Crippen LogP) is 7.15. The number of ether oxygens (including phenoxy) is 2. The molecule has 1 aromatic carbocycles. The first-order valence-electron chi connectivity index (χ1n) is 13.2. The van der Waals surface area contributed by atoms with Gasteiger partial charge in [0.2, 0.25) is 0 Å². The fourth-order valence-electron chi connectivity index (χ4n) is 7.53. The van der Waals surface area contributed by atoms with Crippen LogP contribution in [0.1, 0.15) is 88.2 Å². The number of Topliss-reactive ketones (excluding diaryl/α,β-unsaturated/α-hetero) is 1. The molecule has 0 bridgehead atoms. The monoisotopic (exact) mass is 520 g/mol. The number of hydrogen-bond donors (Lipinski definition) is 0. The van der Waals surface area contributed by atoms with E-state index >= 15 is 4.39 Å². The van der Waals surface area contributed by atoms with E-state index in [0.29, 0.717) is 30.5 Å². The van der Waals surface area contributed by atoms with Crippen LogP contribution in [-0.2, 0) is 16.0 Å². The molecule has 1 aromatic rings. The number of alkyl halides is 2. The highest BCUT2D eigenvalue weighted by Crippen LogP contribution is 2.62.